The summed E-state index contributed by atoms with van der Waals surface area (Å²) in [7, 11) is 0. The molecule has 0 radical (unpaired) electrons. The Morgan fingerprint density at radius 2 is 2.14 bits per heavy atom. The fourth-order valence-corrected chi connectivity index (χ4v) is 3.56. The lowest BCUT2D eigenvalue weighted by Crippen LogP contribution is -2.51. The van der Waals surface area contributed by atoms with Gasteiger partial charge < -0.3 is 15.2 Å². The number of nitrogens with zero attached hydrogens (tertiary/aromatic N) is 3. The zero-order valence-corrected chi connectivity index (χ0v) is 13.3. The second-order valence-electron chi connectivity index (χ2n) is 6.65. The van der Waals surface area contributed by atoms with Gasteiger partial charge in [0.2, 0.25) is 5.91 Å². The van der Waals surface area contributed by atoms with Gasteiger partial charge in [-0.05, 0) is 26.2 Å². The van der Waals surface area contributed by atoms with Crippen molar-refractivity contribution in [3.8, 4) is 0 Å². The molecule has 0 spiro atoms. The summed E-state index contributed by atoms with van der Waals surface area (Å²) in [5.41, 5.74) is 6.98. The normalized spacial score (nSPS) is 27.1. The molecule has 1 saturated heterocycles. The molecule has 1 saturated carbocycles. The molecule has 1 amide bonds. The number of carbonyl (C=O) groups excluding carboxylic acids is 1. The Morgan fingerprint density at radius 3 is 2.77 bits per heavy atom. The standard InChI is InChI=1S/C16H26N4O2/c1-12-9-15(18-22-12)11-19-5-7-20(8-6-19)16(21)13-3-2-4-14(17)10-13/h9,13-14H,2-8,10-11,17H2,1H3/t13-,14+/m0/s1. The molecule has 6 nitrogen and oxygen atoms in total. The Bertz CT molecular complexity index is 508. The van der Waals surface area contributed by atoms with Crippen LogP contribution < -0.4 is 5.73 Å². The average Bonchev–Trinajstić information content (AvgIpc) is 2.92. The molecule has 122 valence electrons. The Kier molecular flexibility index (Phi) is 4.78. The van der Waals surface area contributed by atoms with Crippen LogP contribution in [-0.2, 0) is 11.3 Å². The average molecular weight is 306 g/mol. The molecule has 2 atom stereocenters. The minimum Gasteiger partial charge on any atom is -0.361 e. The Balaban J connectivity index is 1.47. The van der Waals surface area contributed by atoms with Crippen molar-refractivity contribution in [2.45, 2.75) is 45.2 Å². The quantitative estimate of drug-likeness (QED) is 0.906. The summed E-state index contributed by atoms with van der Waals surface area (Å²) in [6.07, 6.45) is 4.01. The highest BCUT2D eigenvalue weighted by molar-refractivity contribution is 5.79. The molecule has 2 fully saturated rings. The van der Waals surface area contributed by atoms with E-state index >= 15 is 0 Å². The summed E-state index contributed by atoms with van der Waals surface area (Å²) >= 11 is 0. The second-order valence-corrected chi connectivity index (χ2v) is 6.65. The minimum absolute atomic E-state index is 0.147. The number of amides is 1. The van der Waals surface area contributed by atoms with Crippen molar-refractivity contribution in [1.82, 2.24) is 15.0 Å². The van der Waals surface area contributed by atoms with Crippen molar-refractivity contribution >= 4 is 5.91 Å². The van der Waals surface area contributed by atoms with E-state index < -0.39 is 0 Å². The molecular weight excluding hydrogens is 280 g/mol. The molecule has 1 aromatic rings. The van der Waals surface area contributed by atoms with Gasteiger partial charge in [0.05, 0.1) is 5.69 Å². The van der Waals surface area contributed by atoms with Crippen molar-refractivity contribution in [2.75, 3.05) is 26.2 Å². The first-order valence-corrected chi connectivity index (χ1v) is 8.31. The molecule has 1 aliphatic carbocycles. The van der Waals surface area contributed by atoms with E-state index in [0.29, 0.717) is 5.91 Å². The van der Waals surface area contributed by atoms with Crippen LogP contribution in [0.25, 0.3) is 0 Å². The van der Waals surface area contributed by atoms with E-state index in [9.17, 15) is 4.79 Å². The maximum atomic E-state index is 12.6. The van der Waals surface area contributed by atoms with Gasteiger partial charge in [0.15, 0.2) is 0 Å². The molecule has 1 aromatic heterocycles. The van der Waals surface area contributed by atoms with Gasteiger partial charge in [0.25, 0.3) is 0 Å². The summed E-state index contributed by atoms with van der Waals surface area (Å²) in [6, 6.07) is 2.18. The van der Waals surface area contributed by atoms with Gasteiger partial charge in [-0.2, -0.15) is 0 Å². The first kappa shape index (κ1) is 15.5. The number of aryl methyl sites for hydroxylation is 1. The van der Waals surface area contributed by atoms with Crippen LogP contribution in [0.15, 0.2) is 10.6 Å². The van der Waals surface area contributed by atoms with Crippen molar-refractivity contribution in [3.63, 3.8) is 0 Å². The predicted octanol–water partition coefficient (Wildman–Crippen LogP) is 1.14. The van der Waals surface area contributed by atoms with E-state index in [1.807, 2.05) is 17.9 Å². The lowest BCUT2D eigenvalue weighted by molar-refractivity contribution is -0.138. The van der Waals surface area contributed by atoms with Crippen LogP contribution in [0.5, 0.6) is 0 Å². The maximum Gasteiger partial charge on any atom is 0.225 e. The molecule has 2 aliphatic rings. The lowest BCUT2D eigenvalue weighted by atomic mass is 9.85. The fourth-order valence-electron chi connectivity index (χ4n) is 3.56. The van der Waals surface area contributed by atoms with Crippen LogP contribution in [0.3, 0.4) is 0 Å². The minimum atomic E-state index is 0.147. The predicted molar refractivity (Wildman–Crippen MR) is 83.0 cm³/mol. The molecule has 0 bridgehead atoms. The van der Waals surface area contributed by atoms with Gasteiger partial charge in [-0.1, -0.05) is 11.6 Å². The highest BCUT2D eigenvalue weighted by Crippen LogP contribution is 2.25. The number of hydrogen-bond donors (Lipinski definition) is 1. The largest absolute Gasteiger partial charge is 0.361 e. The maximum absolute atomic E-state index is 12.6. The topological polar surface area (TPSA) is 75.6 Å². The van der Waals surface area contributed by atoms with Crippen LogP contribution in [0.4, 0.5) is 0 Å². The van der Waals surface area contributed by atoms with Gasteiger partial charge in [0, 0.05) is 50.7 Å². The SMILES string of the molecule is Cc1cc(CN2CCN(C(=O)[C@H]3CCC[C@@H](N)C3)CC2)no1. The highest BCUT2D eigenvalue weighted by atomic mass is 16.5. The number of carbonyl (C=O) groups is 1. The number of aromatic nitrogens is 1. The van der Waals surface area contributed by atoms with E-state index in [4.69, 9.17) is 10.3 Å². The van der Waals surface area contributed by atoms with E-state index in [1.165, 1.54) is 0 Å². The summed E-state index contributed by atoms with van der Waals surface area (Å²) in [6.45, 7) is 6.12. The first-order valence-electron chi connectivity index (χ1n) is 8.31. The number of hydrogen-bond acceptors (Lipinski definition) is 5. The number of nitrogens with two attached hydrogens (primary N) is 1. The third-order valence-corrected chi connectivity index (χ3v) is 4.81. The van der Waals surface area contributed by atoms with Crippen molar-refractivity contribution in [1.29, 1.82) is 0 Å². The van der Waals surface area contributed by atoms with Crippen LogP contribution in [0.1, 0.15) is 37.1 Å². The van der Waals surface area contributed by atoms with Crippen LogP contribution in [0, 0.1) is 12.8 Å². The molecule has 2 N–H and O–H groups in total. The lowest BCUT2D eigenvalue weighted by Gasteiger charge is -2.37. The summed E-state index contributed by atoms with van der Waals surface area (Å²) in [5.74, 6) is 1.30. The summed E-state index contributed by atoms with van der Waals surface area (Å²) < 4.78 is 5.10. The van der Waals surface area contributed by atoms with Gasteiger partial charge in [-0.3, -0.25) is 9.69 Å². The zero-order chi connectivity index (χ0) is 15.5. The molecular formula is C16H26N4O2. The smallest absolute Gasteiger partial charge is 0.225 e. The Hall–Kier alpha value is -1.40. The third kappa shape index (κ3) is 3.67. The molecule has 22 heavy (non-hydrogen) atoms. The third-order valence-electron chi connectivity index (χ3n) is 4.81. The molecule has 0 aromatic carbocycles. The monoisotopic (exact) mass is 306 g/mol. The molecule has 3 rings (SSSR count). The van der Waals surface area contributed by atoms with Crippen molar-refractivity contribution in [3.05, 3.63) is 17.5 Å². The molecule has 1 aliphatic heterocycles. The number of rotatable bonds is 3. The van der Waals surface area contributed by atoms with Crippen LogP contribution in [-0.4, -0.2) is 53.1 Å². The van der Waals surface area contributed by atoms with Crippen LogP contribution >= 0.6 is 0 Å². The first-order chi connectivity index (χ1) is 10.6. The van der Waals surface area contributed by atoms with Gasteiger partial charge >= 0.3 is 0 Å². The summed E-state index contributed by atoms with van der Waals surface area (Å²) in [5, 5.41) is 4.03. The van der Waals surface area contributed by atoms with E-state index in [1.54, 1.807) is 0 Å². The van der Waals surface area contributed by atoms with Gasteiger partial charge in [-0.25, -0.2) is 0 Å². The zero-order valence-electron chi connectivity index (χ0n) is 13.3. The number of piperazine rings is 1. The van der Waals surface area contributed by atoms with Crippen LogP contribution in [0.2, 0.25) is 0 Å². The van der Waals surface area contributed by atoms with Crippen molar-refractivity contribution in [2.24, 2.45) is 11.7 Å². The molecule has 6 heteroatoms. The summed E-state index contributed by atoms with van der Waals surface area (Å²) in [4.78, 5) is 16.9. The highest BCUT2D eigenvalue weighted by Gasteiger charge is 2.30. The van der Waals surface area contributed by atoms with Crippen molar-refractivity contribution < 1.29 is 9.32 Å². The van der Waals surface area contributed by atoms with Gasteiger partial charge in [-0.15, -0.1) is 0 Å². The Labute approximate surface area is 131 Å². The van der Waals surface area contributed by atoms with E-state index in [0.717, 1.165) is 69.9 Å². The Morgan fingerprint density at radius 1 is 1.36 bits per heavy atom. The van der Waals surface area contributed by atoms with E-state index in [-0.39, 0.29) is 12.0 Å². The second kappa shape index (κ2) is 6.79. The van der Waals surface area contributed by atoms with Gasteiger partial charge in [0.1, 0.15) is 5.76 Å². The molecule has 0 unspecified atom stereocenters. The fraction of sp³-hybridized carbons (Fsp3) is 0.750. The molecule has 2 heterocycles. The van der Waals surface area contributed by atoms with E-state index in [2.05, 4.69) is 10.1 Å².